The van der Waals surface area contributed by atoms with Crippen LogP contribution in [0.1, 0.15) is 25.8 Å². The van der Waals surface area contributed by atoms with Gasteiger partial charge in [0.2, 0.25) is 0 Å². The van der Waals surface area contributed by atoms with E-state index in [0.29, 0.717) is 18.3 Å². The summed E-state index contributed by atoms with van der Waals surface area (Å²) in [6.45, 7) is 10.6. The number of thioether (sulfide) groups is 1. The van der Waals surface area contributed by atoms with Gasteiger partial charge in [-0.25, -0.2) is 4.79 Å². The summed E-state index contributed by atoms with van der Waals surface area (Å²) in [7, 11) is 0. The Morgan fingerprint density at radius 1 is 1.55 bits per heavy atom. The Bertz CT molecular complexity index is 505. The second-order valence-electron chi connectivity index (χ2n) is 5.20. The van der Waals surface area contributed by atoms with Gasteiger partial charge in [0.1, 0.15) is 0 Å². The largest absolute Gasteiger partial charge is 0.395 e. The second-order valence-corrected chi connectivity index (χ2v) is 6.71. The summed E-state index contributed by atoms with van der Waals surface area (Å²) in [6.07, 6.45) is 2.77. The molecule has 0 bridgehead atoms. The quantitative estimate of drug-likeness (QED) is 0.564. The number of carbonyl (C=O) groups excluding carboxylic acids is 1. The number of amides is 2. The molecule has 4 nitrogen and oxygen atoms in total. The van der Waals surface area contributed by atoms with Crippen LogP contribution in [0.15, 0.2) is 35.7 Å². The molecule has 2 N–H and O–H groups in total. The van der Waals surface area contributed by atoms with Crippen LogP contribution in [0.25, 0.3) is 0 Å². The molecule has 122 valence electrons. The first-order valence-corrected chi connectivity index (χ1v) is 8.44. The maximum Gasteiger partial charge on any atom is 0.322 e. The number of nitrogens with zero attached hydrogens (tertiary/aromatic N) is 1. The molecule has 1 aromatic rings. The van der Waals surface area contributed by atoms with Gasteiger partial charge in [0, 0.05) is 28.9 Å². The van der Waals surface area contributed by atoms with Crippen LogP contribution in [-0.2, 0) is 0 Å². The standard InChI is InChI=1S/C17H26N2O2S/c1-5-9-19(10-11-20)17(21)18-16-8-7-15(12-13(16)3)22-14(4)6-2/h5,7-8,12,14,20H,1,6,9-11H2,2-4H3,(H,18,21). The maximum atomic E-state index is 12.2. The fourth-order valence-corrected chi connectivity index (χ4v) is 2.93. The van der Waals surface area contributed by atoms with Crippen molar-refractivity contribution in [2.75, 3.05) is 25.0 Å². The van der Waals surface area contributed by atoms with Crippen molar-refractivity contribution in [3.8, 4) is 0 Å². The van der Waals surface area contributed by atoms with Gasteiger partial charge in [-0.3, -0.25) is 0 Å². The molecule has 1 aromatic carbocycles. The molecule has 0 aliphatic heterocycles. The van der Waals surface area contributed by atoms with Crippen molar-refractivity contribution in [1.29, 1.82) is 0 Å². The smallest absolute Gasteiger partial charge is 0.322 e. The van der Waals surface area contributed by atoms with Gasteiger partial charge in [-0.15, -0.1) is 18.3 Å². The van der Waals surface area contributed by atoms with Crippen LogP contribution in [0.2, 0.25) is 0 Å². The molecule has 0 spiro atoms. The molecule has 0 aliphatic carbocycles. The first kappa shape index (κ1) is 18.6. The predicted molar refractivity (Wildman–Crippen MR) is 94.7 cm³/mol. The third kappa shape index (κ3) is 5.73. The Morgan fingerprint density at radius 3 is 2.82 bits per heavy atom. The van der Waals surface area contributed by atoms with Gasteiger partial charge < -0.3 is 15.3 Å². The van der Waals surface area contributed by atoms with Crippen LogP contribution < -0.4 is 5.32 Å². The van der Waals surface area contributed by atoms with E-state index in [0.717, 1.165) is 17.7 Å². The van der Waals surface area contributed by atoms with Gasteiger partial charge in [-0.2, -0.15) is 0 Å². The predicted octanol–water partition coefficient (Wildman–Crippen LogP) is 3.90. The highest BCUT2D eigenvalue weighted by Gasteiger charge is 2.13. The fraction of sp³-hybridized carbons (Fsp3) is 0.471. The van der Waals surface area contributed by atoms with Gasteiger partial charge in [0.25, 0.3) is 0 Å². The number of benzene rings is 1. The number of aliphatic hydroxyl groups is 1. The van der Waals surface area contributed by atoms with E-state index >= 15 is 0 Å². The Hall–Kier alpha value is -1.46. The van der Waals surface area contributed by atoms with E-state index in [2.05, 4.69) is 31.8 Å². The highest BCUT2D eigenvalue weighted by molar-refractivity contribution is 7.99. The summed E-state index contributed by atoms with van der Waals surface area (Å²) in [5.74, 6) is 0. The first-order valence-electron chi connectivity index (χ1n) is 7.56. The number of aryl methyl sites for hydroxylation is 1. The van der Waals surface area contributed by atoms with Gasteiger partial charge >= 0.3 is 6.03 Å². The molecule has 22 heavy (non-hydrogen) atoms. The minimum Gasteiger partial charge on any atom is -0.395 e. The third-order valence-corrected chi connectivity index (χ3v) is 4.62. The summed E-state index contributed by atoms with van der Waals surface area (Å²) in [6, 6.07) is 5.84. The monoisotopic (exact) mass is 322 g/mol. The zero-order valence-electron chi connectivity index (χ0n) is 13.6. The molecule has 0 radical (unpaired) electrons. The third-order valence-electron chi connectivity index (χ3n) is 3.36. The minimum absolute atomic E-state index is 0.0648. The van der Waals surface area contributed by atoms with Crippen molar-refractivity contribution in [1.82, 2.24) is 4.90 Å². The molecule has 0 aromatic heterocycles. The summed E-state index contributed by atoms with van der Waals surface area (Å²) < 4.78 is 0. The summed E-state index contributed by atoms with van der Waals surface area (Å²) >= 11 is 1.84. The number of aliphatic hydroxyl groups excluding tert-OH is 1. The van der Waals surface area contributed by atoms with E-state index in [-0.39, 0.29) is 12.6 Å². The van der Waals surface area contributed by atoms with Crippen molar-refractivity contribution < 1.29 is 9.90 Å². The van der Waals surface area contributed by atoms with E-state index < -0.39 is 0 Å². The fourth-order valence-electron chi connectivity index (χ4n) is 1.91. The van der Waals surface area contributed by atoms with Gasteiger partial charge in [-0.1, -0.05) is 19.9 Å². The van der Waals surface area contributed by atoms with Crippen LogP contribution in [0, 0.1) is 6.92 Å². The first-order chi connectivity index (χ1) is 10.5. The molecule has 5 heteroatoms. The zero-order chi connectivity index (χ0) is 16.5. The lowest BCUT2D eigenvalue weighted by molar-refractivity contribution is 0.195. The summed E-state index contributed by atoms with van der Waals surface area (Å²) in [4.78, 5) is 14.9. The lowest BCUT2D eigenvalue weighted by Gasteiger charge is -2.21. The molecule has 0 heterocycles. The van der Waals surface area contributed by atoms with E-state index in [1.807, 2.05) is 30.8 Å². The number of hydrogen-bond donors (Lipinski definition) is 2. The van der Waals surface area contributed by atoms with E-state index in [9.17, 15) is 4.79 Å². The molecule has 2 amide bonds. The molecule has 0 aliphatic rings. The second kappa shape index (κ2) is 9.54. The van der Waals surface area contributed by atoms with E-state index in [1.165, 1.54) is 9.80 Å². The summed E-state index contributed by atoms with van der Waals surface area (Å²) in [5.41, 5.74) is 1.83. The van der Waals surface area contributed by atoms with Crippen LogP contribution in [0.5, 0.6) is 0 Å². The van der Waals surface area contributed by atoms with Crippen molar-refractivity contribution >= 4 is 23.5 Å². The molecule has 0 saturated carbocycles. The number of carbonyl (C=O) groups is 1. The number of rotatable bonds is 8. The van der Waals surface area contributed by atoms with Crippen LogP contribution in [-0.4, -0.2) is 41.0 Å². The minimum atomic E-state index is -0.223. The number of nitrogens with one attached hydrogen (secondary N) is 1. The van der Waals surface area contributed by atoms with Crippen molar-refractivity contribution in [3.63, 3.8) is 0 Å². The maximum absolute atomic E-state index is 12.2. The topological polar surface area (TPSA) is 52.6 Å². The highest BCUT2D eigenvalue weighted by Crippen LogP contribution is 2.28. The number of hydrogen-bond acceptors (Lipinski definition) is 3. The van der Waals surface area contributed by atoms with Crippen molar-refractivity contribution in [3.05, 3.63) is 36.4 Å². The SMILES string of the molecule is C=CCN(CCO)C(=O)Nc1ccc(SC(C)CC)cc1C. The molecular weight excluding hydrogens is 296 g/mol. The van der Waals surface area contributed by atoms with Crippen LogP contribution in [0.3, 0.4) is 0 Å². The van der Waals surface area contributed by atoms with Crippen molar-refractivity contribution in [2.45, 2.75) is 37.3 Å². The summed E-state index contributed by atoms with van der Waals surface area (Å²) in [5, 5.41) is 12.5. The van der Waals surface area contributed by atoms with E-state index in [4.69, 9.17) is 5.11 Å². The number of urea groups is 1. The molecule has 0 fully saturated rings. The molecule has 1 atom stereocenters. The molecule has 0 saturated heterocycles. The lowest BCUT2D eigenvalue weighted by Crippen LogP contribution is -2.37. The van der Waals surface area contributed by atoms with Gasteiger partial charge in [-0.05, 0) is 37.1 Å². The van der Waals surface area contributed by atoms with Gasteiger partial charge in [0.05, 0.1) is 6.61 Å². The molecule has 1 unspecified atom stereocenters. The van der Waals surface area contributed by atoms with Crippen LogP contribution in [0.4, 0.5) is 10.5 Å². The Balaban J connectivity index is 2.76. The highest BCUT2D eigenvalue weighted by atomic mass is 32.2. The van der Waals surface area contributed by atoms with Gasteiger partial charge in [0.15, 0.2) is 0 Å². The Kier molecular flexibility index (Phi) is 8.06. The Labute approximate surface area is 137 Å². The van der Waals surface area contributed by atoms with E-state index in [1.54, 1.807) is 6.08 Å². The Morgan fingerprint density at radius 2 is 2.27 bits per heavy atom. The average Bonchev–Trinajstić information content (AvgIpc) is 2.49. The normalized spacial score (nSPS) is 11.8. The molecular formula is C17H26N2O2S. The van der Waals surface area contributed by atoms with Crippen LogP contribution >= 0.6 is 11.8 Å². The zero-order valence-corrected chi connectivity index (χ0v) is 14.4. The van der Waals surface area contributed by atoms with Crippen molar-refractivity contribution in [2.24, 2.45) is 0 Å². The lowest BCUT2D eigenvalue weighted by atomic mass is 10.2. The average molecular weight is 322 g/mol. The molecule has 1 rings (SSSR count). The number of anilines is 1.